The molecule has 28 heavy (non-hydrogen) atoms. The van der Waals surface area contributed by atoms with Crippen LogP contribution >= 0.6 is 0 Å². The van der Waals surface area contributed by atoms with E-state index >= 15 is 0 Å². The second kappa shape index (κ2) is 7.51. The summed E-state index contributed by atoms with van der Waals surface area (Å²) in [6, 6.07) is 30.4. The highest BCUT2D eigenvalue weighted by atomic mass is 16.3. The van der Waals surface area contributed by atoms with Crippen molar-refractivity contribution in [2.75, 3.05) is 0 Å². The van der Waals surface area contributed by atoms with E-state index in [0.29, 0.717) is 0 Å². The molecular formula is C24H19N3O. The molecule has 136 valence electrons. The van der Waals surface area contributed by atoms with Crippen molar-refractivity contribution in [3.05, 3.63) is 120 Å². The van der Waals surface area contributed by atoms with Gasteiger partial charge in [-0.15, -0.1) is 6.42 Å². The van der Waals surface area contributed by atoms with Gasteiger partial charge in [-0.05, 0) is 16.7 Å². The van der Waals surface area contributed by atoms with E-state index in [2.05, 4.69) is 52.4 Å². The minimum Gasteiger partial charge on any atom is -0.373 e. The molecule has 4 nitrogen and oxygen atoms in total. The fourth-order valence-corrected chi connectivity index (χ4v) is 3.57. The lowest BCUT2D eigenvalue weighted by atomic mass is 9.77. The maximum absolute atomic E-state index is 10.0. The fourth-order valence-electron chi connectivity index (χ4n) is 3.57. The molecule has 3 aromatic carbocycles. The number of aliphatic hydroxyl groups excluding tert-OH is 1. The second-order valence-electron chi connectivity index (χ2n) is 6.43. The van der Waals surface area contributed by atoms with Crippen LogP contribution in [0.5, 0.6) is 0 Å². The summed E-state index contributed by atoms with van der Waals surface area (Å²) in [5.41, 5.74) is 2.32. The topological polar surface area (TPSA) is 50.9 Å². The largest absolute Gasteiger partial charge is 0.373 e. The van der Waals surface area contributed by atoms with E-state index in [1.54, 1.807) is 11.0 Å². The van der Waals surface area contributed by atoms with E-state index in [-0.39, 0.29) is 5.82 Å². The van der Waals surface area contributed by atoms with Crippen LogP contribution in [0.25, 0.3) is 0 Å². The second-order valence-corrected chi connectivity index (χ2v) is 6.43. The molecule has 4 aromatic rings. The van der Waals surface area contributed by atoms with Gasteiger partial charge in [-0.2, -0.15) is 5.10 Å². The number of nitrogens with zero attached hydrogens (tertiary/aromatic N) is 3. The van der Waals surface area contributed by atoms with Crippen LogP contribution in [0.4, 0.5) is 0 Å². The van der Waals surface area contributed by atoms with Gasteiger partial charge in [-0.3, -0.25) is 0 Å². The highest BCUT2D eigenvalue weighted by Gasteiger charge is 2.39. The van der Waals surface area contributed by atoms with Crippen LogP contribution in [0.1, 0.15) is 28.6 Å². The maximum atomic E-state index is 10.0. The number of hydrogen-bond acceptors (Lipinski definition) is 3. The molecular weight excluding hydrogens is 346 g/mol. The van der Waals surface area contributed by atoms with E-state index in [4.69, 9.17) is 6.42 Å². The van der Waals surface area contributed by atoms with E-state index in [1.165, 1.54) is 0 Å². The first-order valence-corrected chi connectivity index (χ1v) is 8.99. The highest BCUT2D eigenvalue weighted by molar-refractivity contribution is 5.50. The van der Waals surface area contributed by atoms with Crippen molar-refractivity contribution in [1.29, 1.82) is 0 Å². The van der Waals surface area contributed by atoms with Crippen molar-refractivity contribution in [1.82, 2.24) is 14.8 Å². The Morgan fingerprint density at radius 3 is 1.61 bits per heavy atom. The third-order valence-electron chi connectivity index (χ3n) is 4.83. The van der Waals surface area contributed by atoms with Gasteiger partial charge in [0, 0.05) is 0 Å². The highest BCUT2D eigenvalue weighted by Crippen LogP contribution is 2.40. The molecule has 0 amide bonds. The van der Waals surface area contributed by atoms with Gasteiger partial charge in [0.05, 0.1) is 0 Å². The van der Waals surface area contributed by atoms with Gasteiger partial charge in [0.2, 0.25) is 0 Å². The molecule has 1 N–H and O–H groups in total. The molecule has 0 spiro atoms. The minimum atomic E-state index is -1.15. The molecule has 1 heterocycles. The predicted octanol–water partition coefficient (Wildman–Crippen LogP) is 3.78. The van der Waals surface area contributed by atoms with Crippen LogP contribution in [-0.4, -0.2) is 19.9 Å². The lowest BCUT2D eigenvalue weighted by Gasteiger charge is -2.35. The first-order chi connectivity index (χ1) is 13.8. The molecule has 0 saturated carbocycles. The molecule has 0 aliphatic carbocycles. The minimum absolute atomic E-state index is 0.203. The standard InChI is InChI=1S/C24H19N3O/c1-2-22(28)23-25-18-27(26-23)24(19-12-6-3-7-13-19,20-14-8-4-9-15-20)21-16-10-5-11-17-21/h1,3-18,22,28H. The average Bonchev–Trinajstić information content (AvgIpc) is 3.26. The van der Waals surface area contributed by atoms with Crippen molar-refractivity contribution < 1.29 is 5.11 Å². The molecule has 4 heteroatoms. The molecule has 0 saturated heterocycles. The SMILES string of the molecule is C#CC(O)c1ncn(C(c2ccccc2)(c2ccccc2)c2ccccc2)n1. The zero-order valence-corrected chi connectivity index (χ0v) is 15.2. The predicted molar refractivity (Wildman–Crippen MR) is 108 cm³/mol. The Balaban J connectivity index is 2.08. The summed E-state index contributed by atoms with van der Waals surface area (Å²) in [6.45, 7) is 0. The van der Waals surface area contributed by atoms with Crippen molar-refractivity contribution in [3.8, 4) is 12.3 Å². The van der Waals surface area contributed by atoms with Crippen LogP contribution in [0.3, 0.4) is 0 Å². The molecule has 1 aromatic heterocycles. The van der Waals surface area contributed by atoms with Gasteiger partial charge < -0.3 is 5.11 Å². The number of aromatic nitrogens is 3. The van der Waals surface area contributed by atoms with Gasteiger partial charge in [0.1, 0.15) is 11.9 Å². The lowest BCUT2D eigenvalue weighted by molar-refractivity contribution is 0.226. The third kappa shape index (κ3) is 2.88. The van der Waals surface area contributed by atoms with Crippen molar-refractivity contribution in [2.45, 2.75) is 11.6 Å². The monoisotopic (exact) mass is 365 g/mol. The molecule has 0 aliphatic rings. The third-order valence-corrected chi connectivity index (χ3v) is 4.83. The van der Waals surface area contributed by atoms with E-state index < -0.39 is 11.6 Å². The molecule has 0 aliphatic heterocycles. The summed E-state index contributed by atoms with van der Waals surface area (Å²) >= 11 is 0. The van der Waals surface area contributed by atoms with Crippen LogP contribution in [0, 0.1) is 12.3 Å². The van der Waals surface area contributed by atoms with Crippen molar-refractivity contribution in [3.63, 3.8) is 0 Å². The molecule has 0 fully saturated rings. The Kier molecular flexibility index (Phi) is 4.76. The number of terminal acetylenes is 1. The summed E-state index contributed by atoms with van der Waals surface area (Å²) in [7, 11) is 0. The first kappa shape index (κ1) is 17.7. The van der Waals surface area contributed by atoms with Crippen LogP contribution in [0.15, 0.2) is 97.3 Å². The maximum Gasteiger partial charge on any atom is 0.191 e. The molecule has 0 bridgehead atoms. The van der Waals surface area contributed by atoms with Gasteiger partial charge in [-0.25, -0.2) is 9.67 Å². The zero-order valence-electron chi connectivity index (χ0n) is 15.2. The quantitative estimate of drug-likeness (QED) is 0.432. The molecule has 1 atom stereocenters. The normalized spacial score (nSPS) is 12.3. The summed E-state index contributed by atoms with van der Waals surface area (Å²) in [4.78, 5) is 4.29. The number of benzene rings is 3. The Labute approximate surface area is 164 Å². The van der Waals surface area contributed by atoms with Crippen molar-refractivity contribution >= 4 is 0 Å². The van der Waals surface area contributed by atoms with Crippen molar-refractivity contribution in [2.24, 2.45) is 0 Å². The Morgan fingerprint density at radius 1 is 0.786 bits per heavy atom. The van der Waals surface area contributed by atoms with Crippen LogP contribution in [-0.2, 0) is 5.54 Å². The number of hydrogen-bond donors (Lipinski definition) is 1. The smallest absolute Gasteiger partial charge is 0.191 e. The van der Waals surface area contributed by atoms with Gasteiger partial charge >= 0.3 is 0 Å². The first-order valence-electron chi connectivity index (χ1n) is 8.99. The van der Waals surface area contributed by atoms with Crippen LogP contribution < -0.4 is 0 Å². The summed E-state index contributed by atoms with van der Waals surface area (Å²) < 4.78 is 1.78. The van der Waals surface area contributed by atoms with Gasteiger partial charge in [0.15, 0.2) is 11.9 Å². The van der Waals surface area contributed by atoms with E-state index in [0.717, 1.165) is 16.7 Å². The fraction of sp³-hybridized carbons (Fsp3) is 0.0833. The number of rotatable bonds is 5. The zero-order chi connectivity index (χ0) is 19.4. The Bertz CT molecular complexity index is 986. The Morgan fingerprint density at radius 2 is 1.21 bits per heavy atom. The molecule has 4 rings (SSSR count). The van der Waals surface area contributed by atoms with Gasteiger partial charge in [-0.1, -0.05) is 96.9 Å². The van der Waals surface area contributed by atoms with Gasteiger partial charge in [0.25, 0.3) is 0 Å². The van der Waals surface area contributed by atoms with E-state index in [1.807, 2.05) is 54.6 Å². The number of aliphatic hydroxyl groups is 1. The summed E-state index contributed by atoms with van der Waals surface area (Å²) in [6.07, 6.45) is 5.84. The van der Waals surface area contributed by atoms with Crippen LogP contribution in [0.2, 0.25) is 0 Å². The molecule has 1 unspecified atom stereocenters. The Hall–Kier alpha value is -3.68. The lowest BCUT2D eigenvalue weighted by Crippen LogP contribution is -2.38. The van der Waals surface area contributed by atoms with E-state index in [9.17, 15) is 5.11 Å². The summed E-state index contributed by atoms with van der Waals surface area (Å²) in [5.74, 6) is 2.49. The summed E-state index contributed by atoms with van der Waals surface area (Å²) in [5, 5.41) is 14.6. The average molecular weight is 365 g/mol. The molecule has 0 radical (unpaired) electrons.